The third-order valence-electron chi connectivity index (χ3n) is 2.14. The molecule has 1 rings (SSSR count). The molecule has 0 aliphatic carbocycles. The number of nitrogens with one attached hydrogen (secondary N) is 1. The second kappa shape index (κ2) is 4.21. The number of carboxylic acids is 1. The first-order valence-electron chi connectivity index (χ1n) is 4.65. The lowest BCUT2D eigenvalue weighted by molar-refractivity contribution is -0.138. The van der Waals surface area contributed by atoms with Crippen LogP contribution in [0.5, 0.6) is 0 Å². The van der Waals surface area contributed by atoms with Crippen molar-refractivity contribution in [1.29, 1.82) is 0 Å². The zero-order valence-corrected chi connectivity index (χ0v) is 9.10. The van der Waals surface area contributed by atoms with Gasteiger partial charge in [-0.1, -0.05) is 0 Å². The lowest BCUT2D eigenvalue weighted by Gasteiger charge is -2.34. The summed E-state index contributed by atoms with van der Waals surface area (Å²) in [4.78, 5) is 23.2. The van der Waals surface area contributed by atoms with Crippen LogP contribution < -0.4 is 10.6 Å². The quantitative estimate of drug-likeness (QED) is 0.695. The van der Waals surface area contributed by atoms with Crippen molar-refractivity contribution in [2.24, 2.45) is 5.73 Å². The molecule has 0 atom stereocenters. The summed E-state index contributed by atoms with van der Waals surface area (Å²) in [7, 11) is 0. The molecule has 4 N–H and O–H groups in total. The fourth-order valence-corrected chi connectivity index (χ4v) is 1.57. The maximum atomic E-state index is 11.3. The minimum absolute atomic E-state index is 0.213. The van der Waals surface area contributed by atoms with E-state index in [0.29, 0.717) is 5.82 Å². The van der Waals surface area contributed by atoms with Crippen LogP contribution in [0.1, 0.15) is 20.3 Å². The van der Waals surface area contributed by atoms with Gasteiger partial charge in [0.1, 0.15) is 5.82 Å². The van der Waals surface area contributed by atoms with Crippen LogP contribution in [0.25, 0.3) is 0 Å². The zero-order valence-electron chi connectivity index (χ0n) is 9.10. The minimum Gasteiger partial charge on any atom is -0.481 e. The van der Waals surface area contributed by atoms with Crippen molar-refractivity contribution in [2.45, 2.75) is 25.8 Å². The zero-order chi connectivity index (χ0) is 12.3. The number of carbonyl (C=O) groups is 2. The molecule has 16 heavy (non-hydrogen) atoms. The molecule has 88 valence electrons. The summed E-state index contributed by atoms with van der Waals surface area (Å²) in [5.41, 5.74) is 4.31. The number of aromatic nitrogens is 2. The van der Waals surface area contributed by atoms with Gasteiger partial charge in [-0.25, -0.2) is 4.79 Å². The van der Waals surface area contributed by atoms with Crippen molar-refractivity contribution in [2.75, 3.05) is 4.90 Å². The highest BCUT2D eigenvalue weighted by molar-refractivity contribution is 5.91. The second-order valence-electron chi connectivity index (χ2n) is 4.00. The van der Waals surface area contributed by atoms with E-state index in [1.165, 1.54) is 11.1 Å². The summed E-state index contributed by atoms with van der Waals surface area (Å²) in [6, 6.07) is 0.824. The number of carbonyl (C=O) groups excluding carboxylic acids is 1. The van der Waals surface area contributed by atoms with Gasteiger partial charge in [-0.05, 0) is 13.8 Å². The summed E-state index contributed by atoms with van der Waals surface area (Å²) in [5.74, 6) is -0.630. The standard InChI is InChI=1S/C9H14N4O3/c1-9(2,5-7(14)15)13(8(10)16)6-3-4-11-12-6/h3-4H,5H2,1-2H3,(H2,10,16)(H,11,12)(H,14,15). The Morgan fingerprint density at radius 3 is 2.62 bits per heavy atom. The third kappa shape index (κ3) is 2.50. The Balaban J connectivity index is 3.03. The summed E-state index contributed by atoms with van der Waals surface area (Å²) >= 11 is 0. The van der Waals surface area contributed by atoms with Gasteiger partial charge in [0.2, 0.25) is 0 Å². The topological polar surface area (TPSA) is 112 Å². The molecule has 0 spiro atoms. The van der Waals surface area contributed by atoms with Gasteiger partial charge < -0.3 is 10.8 Å². The lowest BCUT2D eigenvalue weighted by atomic mass is 9.98. The third-order valence-corrected chi connectivity index (χ3v) is 2.14. The number of nitrogens with zero attached hydrogens (tertiary/aromatic N) is 2. The smallest absolute Gasteiger partial charge is 0.320 e. The molecule has 0 aromatic carbocycles. The Hall–Kier alpha value is -2.05. The van der Waals surface area contributed by atoms with Crippen LogP contribution in [0.2, 0.25) is 0 Å². The van der Waals surface area contributed by atoms with E-state index < -0.39 is 17.5 Å². The largest absolute Gasteiger partial charge is 0.481 e. The van der Waals surface area contributed by atoms with Crippen LogP contribution in [-0.4, -0.2) is 32.8 Å². The highest BCUT2D eigenvalue weighted by Gasteiger charge is 2.34. The molecule has 0 aliphatic rings. The van der Waals surface area contributed by atoms with Crippen LogP contribution in [0, 0.1) is 0 Å². The van der Waals surface area contributed by atoms with Gasteiger partial charge in [0.25, 0.3) is 0 Å². The van der Waals surface area contributed by atoms with Gasteiger partial charge >= 0.3 is 12.0 Å². The number of rotatable bonds is 4. The monoisotopic (exact) mass is 226 g/mol. The van der Waals surface area contributed by atoms with E-state index in [9.17, 15) is 9.59 Å². The molecular weight excluding hydrogens is 212 g/mol. The predicted molar refractivity (Wildman–Crippen MR) is 57.0 cm³/mol. The molecule has 1 aromatic rings. The van der Waals surface area contributed by atoms with Gasteiger partial charge in [-0.2, -0.15) is 5.10 Å². The van der Waals surface area contributed by atoms with Gasteiger partial charge in [0.15, 0.2) is 0 Å². The van der Waals surface area contributed by atoms with Crippen molar-refractivity contribution < 1.29 is 14.7 Å². The molecule has 7 nitrogen and oxygen atoms in total. The summed E-state index contributed by atoms with van der Waals surface area (Å²) < 4.78 is 0. The van der Waals surface area contributed by atoms with Crippen LogP contribution in [0.15, 0.2) is 12.3 Å². The predicted octanol–water partition coefficient (Wildman–Crippen LogP) is 0.548. The molecule has 0 radical (unpaired) electrons. The maximum Gasteiger partial charge on any atom is 0.320 e. The van der Waals surface area contributed by atoms with Crippen molar-refractivity contribution in [1.82, 2.24) is 10.2 Å². The number of carboxylic acid groups (broad SMARTS) is 1. The number of urea groups is 1. The van der Waals surface area contributed by atoms with Crippen LogP contribution in [0.3, 0.4) is 0 Å². The van der Waals surface area contributed by atoms with Crippen LogP contribution in [0.4, 0.5) is 10.6 Å². The average molecular weight is 226 g/mol. The van der Waals surface area contributed by atoms with Gasteiger partial charge in [0, 0.05) is 6.07 Å². The number of anilines is 1. The number of amides is 2. The molecule has 1 aromatic heterocycles. The fourth-order valence-electron chi connectivity index (χ4n) is 1.57. The molecular formula is C9H14N4O3. The first kappa shape index (κ1) is 12.0. The van der Waals surface area contributed by atoms with Gasteiger partial charge in [-0.3, -0.25) is 14.8 Å². The molecule has 0 fully saturated rings. The molecule has 0 aliphatic heterocycles. The molecule has 0 unspecified atom stereocenters. The molecule has 7 heteroatoms. The number of aliphatic carboxylic acids is 1. The second-order valence-corrected chi connectivity index (χ2v) is 4.00. The highest BCUT2D eigenvalue weighted by Crippen LogP contribution is 2.24. The van der Waals surface area contributed by atoms with Crippen molar-refractivity contribution in [3.63, 3.8) is 0 Å². The van der Waals surface area contributed by atoms with Crippen molar-refractivity contribution in [3.05, 3.63) is 12.3 Å². The Morgan fingerprint density at radius 2 is 2.25 bits per heavy atom. The Morgan fingerprint density at radius 1 is 1.62 bits per heavy atom. The molecule has 1 heterocycles. The summed E-state index contributed by atoms with van der Waals surface area (Å²) in [5, 5.41) is 15.0. The summed E-state index contributed by atoms with van der Waals surface area (Å²) in [6.07, 6.45) is 1.25. The molecule has 0 bridgehead atoms. The normalized spacial score (nSPS) is 11.1. The number of nitrogens with two attached hydrogens (primary N) is 1. The maximum absolute atomic E-state index is 11.3. The number of aromatic amines is 1. The molecule has 2 amide bonds. The average Bonchev–Trinajstić information content (AvgIpc) is 2.52. The highest BCUT2D eigenvalue weighted by atomic mass is 16.4. The van der Waals surface area contributed by atoms with Crippen molar-refractivity contribution in [3.8, 4) is 0 Å². The van der Waals surface area contributed by atoms with Crippen LogP contribution in [-0.2, 0) is 4.79 Å². The number of H-pyrrole nitrogens is 1. The van der Waals surface area contributed by atoms with Gasteiger partial charge in [0.05, 0.1) is 18.2 Å². The fraction of sp³-hybridized carbons (Fsp3) is 0.444. The first-order valence-corrected chi connectivity index (χ1v) is 4.65. The Kier molecular flexibility index (Phi) is 3.17. The Bertz CT molecular complexity index is 385. The van der Waals surface area contributed by atoms with Crippen LogP contribution >= 0.6 is 0 Å². The van der Waals surface area contributed by atoms with E-state index >= 15 is 0 Å². The van der Waals surface area contributed by atoms with E-state index in [1.54, 1.807) is 19.9 Å². The SMILES string of the molecule is CC(C)(CC(=O)O)N(C(N)=O)c1ccn[nH]1. The number of hydrogen-bond donors (Lipinski definition) is 3. The van der Waals surface area contributed by atoms with E-state index in [1.807, 2.05) is 0 Å². The van der Waals surface area contributed by atoms with Gasteiger partial charge in [-0.15, -0.1) is 0 Å². The number of hydrogen-bond acceptors (Lipinski definition) is 3. The number of primary amides is 1. The first-order chi connectivity index (χ1) is 7.34. The summed E-state index contributed by atoms with van der Waals surface area (Å²) in [6.45, 7) is 3.24. The lowest BCUT2D eigenvalue weighted by Crippen LogP contribution is -2.52. The van der Waals surface area contributed by atoms with E-state index in [-0.39, 0.29) is 6.42 Å². The van der Waals surface area contributed by atoms with E-state index in [0.717, 1.165) is 0 Å². The van der Waals surface area contributed by atoms with Crippen molar-refractivity contribution >= 4 is 17.8 Å². The Labute approximate surface area is 92.2 Å². The minimum atomic E-state index is -1.00. The molecule has 0 saturated heterocycles. The van der Waals surface area contributed by atoms with E-state index in [4.69, 9.17) is 10.8 Å². The van der Waals surface area contributed by atoms with E-state index in [2.05, 4.69) is 10.2 Å². The molecule has 0 saturated carbocycles.